The number of ether oxygens (including phenoxy) is 3. The third-order valence-electron chi connectivity index (χ3n) is 3.86. The number of benzene rings is 2. The van der Waals surface area contributed by atoms with Crippen LogP contribution in [0.5, 0.6) is 11.5 Å². The van der Waals surface area contributed by atoms with Crippen molar-refractivity contribution < 1.29 is 32.6 Å². The minimum Gasteiger partial charge on any atom is -0.482 e. The van der Waals surface area contributed by atoms with Gasteiger partial charge in [-0.05, 0) is 54.3 Å². The van der Waals surface area contributed by atoms with Crippen molar-refractivity contribution in [1.82, 2.24) is 0 Å². The summed E-state index contributed by atoms with van der Waals surface area (Å²) in [6.07, 6.45) is 0. The van der Waals surface area contributed by atoms with Gasteiger partial charge in [0.25, 0.3) is 5.91 Å². The van der Waals surface area contributed by atoms with E-state index in [0.29, 0.717) is 11.4 Å². The van der Waals surface area contributed by atoms with Gasteiger partial charge in [0.15, 0.2) is 13.2 Å². The SMILES string of the molecule is Cc1ccc(C(C)C)c(OCC(=O)OCC(=O)Nc2ccc(OC(F)F)cc2)c1. The number of rotatable bonds is 9. The molecular formula is C21H23F2NO5. The molecular weight excluding hydrogens is 384 g/mol. The number of amides is 1. The van der Waals surface area contributed by atoms with Crippen molar-refractivity contribution in [3.05, 3.63) is 53.6 Å². The maximum Gasteiger partial charge on any atom is 0.387 e. The van der Waals surface area contributed by atoms with E-state index in [2.05, 4.69) is 10.1 Å². The highest BCUT2D eigenvalue weighted by Crippen LogP contribution is 2.27. The van der Waals surface area contributed by atoms with Gasteiger partial charge in [0.05, 0.1) is 0 Å². The molecule has 0 unspecified atom stereocenters. The van der Waals surface area contributed by atoms with Crippen LogP contribution >= 0.6 is 0 Å². The second kappa shape index (κ2) is 10.4. The lowest BCUT2D eigenvalue weighted by molar-refractivity contribution is -0.149. The zero-order valence-corrected chi connectivity index (χ0v) is 16.4. The van der Waals surface area contributed by atoms with Gasteiger partial charge in [-0.2, -0.15) is 8.78 Å². The fourth-order valence-corrected chi connectivity index (χ4v) is 2.48. The van der Waals surface area contributed by atoms with Crippen LogP contribution < -0.4 is 14.8 Å². The molecule has 1 N–H and O–H groups in total. The molecule has 2 aromatic rings. The first-order chi connectivity index (χ1) is 13.7. The van der Waals surface area contributed by atoms with E-state index in [9.17, 15) is 18.4 Å². The molecule has 0 aliphatic carbocycles. The van der Waals surface area contributed by atoms with E-state index in [1.807, 2.05) is 39.0 Å². The van der Waals surface area contributed by atoms with Gasteiger partial charge in [0, 0.05) is 5.69 Å². The lowest BCUT2D eigenvalue weighted by Gasteiger charge is -2.14. The van der Waals surface area contributed by atoms with Crippen LogP contribution in [0.1, 0.15) is 30.9 Å². The Morgan fingerprint density at radius 3 is 2.34 bits per heavy atom. The summed E-state index contributed by atoms with van der Waals surface area (Å²) in [6, 6.07) is 11.1. The summed E-state index contributed by atoms with van der Waals surface area (Å²) in [6.45, 7) is 2.22. The normalized spacial score (nSPS) is 10.7. The van der Waals surface area contributed by atoms with Crippen LogP contribution in [0, 0.1) is 6.92 Å². The topological polar surface area (TPSA) is 73.9 Å². The van der Waals surface area contributed by atoms with Crippen molar-refractivity contribution in [3.63, 3.8) is 0 Å². The minimum absolute atomic E-state index is 0.0292. The average molecular weight is 407 g/mol. The Bertz CT molecular complexity index is 837. The highest BCUT2D eigenvalue weighted by molar-refractivity contribution is 5.92. The Labute approximate surface area is 167 Å². The zero-order valence-electron chi connectivity index (χ0n) is 16.4. The predicted molar refractivity (Wildman–Crippen MR) is 103 cm³/mol. The van der Waals surface area contributed by atoms with E-state index in [0.717, 1.165) is 11.1 Å². The van der Waals surface area contributed by atoms with Crippen molar-refractivity contribution >= 4 is 17.6 Å². The molecule has 0 bridgehead atoms. The fourth-order valence-electron chi connectivity index (χ4n) is 2.48. The van der Waals surface area contributed by atoms with E-state index < -0.39 is 25.1 Å². The first-order valence-electron chi connectivity index (χ1n) is 8.98. The number of nitrogens with one attached hydrogen (secondary N) is 1. The molecule has 2 rings (SSSR count). The van der Waals surface area contributed by atoms with Crippen LogP contribution in [0.25, 0.3) is 0 Å². The number of anilines is 1. The standard InChI is InChI=1S/C21H23F2NO5/c1-13(2)17-9-4-14(3)10-18(17)27-12-20(26)28-11-19(25)24-15-5-7-16(8-6-15)29-21(22)23/h4-10,13,21H,11-12H2,1-3H3,(H,24,25). The zero-order chi connectivity index (χ0) is 21.4. The monoisotopic (exact) mass is 407 g/mol. The highest BCUT2D eigenvalue weighted by Gasteiger charge is 2.13. The summed E-state index contributed by atoms with van der Waals surface area (Å²) in [4.78, 5) is 23.7. The van der Waals surface area contributed by atoms with Crippen LogP contribution in [0.3, 0.4) is 0 Å². The summed E-state index contributed by atoms with van der Waals surface area (Å²) in [5.41, 5.74) is 2.33. The molecule has 156 valence electrons. The molecule has 6 nitrogen and oxygen atoms in total. The van der Waals surface area contributed by atoms with Crippen molar-refractivity contribution in [2.24, 2.45) is 0 Å². The Kier molecular flexibility index (Phi) is 7.94. The molecule has 29 heavy (non-hydrogen) atoms. The number of carbonyl (C=O) groups excluding carboxylic acids is 2. The third kappa shape index (κ3) is 7.40. The Balaban J connectivity index is 1.79. The first kappa shape index (κ1) is 22.1. The lowest BCUT2D eigenvalue weighted by atomic mass is 10.0. The summed E-state index contributed by atoms with van der Waals surface area (Å²) < 4.78 is 38.9. The molecule has 0 aliphatic heterocycles. The van der Waals surface area contributed by atoms with Crippen LogP contribution in [-0.4, -0.2) is 31.7 Å². The second-order valence-electron chi connectivity index (χ2n) is 6.60. The fraction of sp³-hybridized carbons (Fsp3) is 0.333. The quantitative estimate of drug-likeness (QED) is 0.628. The lowest BCUT2D eigenvalue weighted by Crippen LogP contribution is -2.23. The van der Waals surface area contributed by atoms with Gasteiger partial charge < -0.3 is 19.5 Å². The van der Waals surface area contributed by atoms with Crippen molar-refractivity contribution in [1.29, 1.82) is 0 Å². The van der Waals surface area contributed by atoms with E-state index in [1.54, 1.807) is 0 Å². The van der Waals surface area contributed by atoms with E-state index >= 15 is 0 Å². The summed E-state index contributed by atoms with van der Waals surface area (Å²) in [7, 11) is 0. The predicted octanol–water partition coefficient (Wildman–Crippen LogP) is 4.28. The highest BCUT2D eigenvalue weighted by atomic mass is 19.3. The molecule has 8 heteroatoms. The summed E-state index contributed by atoms with van der Waals surface area (Å²) in [5, 5.41) is 2.48. The average Bonchev–Trinajstić information content (AvgIpc) is 2.65. The molecule has 0 saturated heterocycles. The molecule has 0 saturated carbocycles. The van der Waals surface area contributed by atoms with Crippen LogP contribution in [0.15, 0.2) is 42.5 Å². The molecule has 0 heterocycles. The first-order valence-corrected chi connectivity index (χ1v) is 8.98. The molecule has 1 amide bonds. The number of hydrogen-bond donors (Lipinski definition) is 1. The second-order valence-corrected chi connectivity index (χ2v) is 6.60. The molecule has 0 atom stereocenters. The Hall–Kier alpha value is -3.16. The van der Waals surface area contributed by atoms with Crippen molar-refractivity contribution in [2.45, 2.75) is 33.3 Å². The number of alkyl halides is 2. The minimum atomic E-state index is -2.92. The van der Waals surface area contributed by atoms with Gasteiger partial charge >= 0.3 is 12.6 Å². The number of carbonyl (C=O) groups is 2. The largest absolute Gasteiger partial charge is 0.482 e. The van der Waals surface area contributed by atoms with Crippen molar-refractivity contribution in [3.8, 4) is 11.5 Å². The Morgan fingerprint density at radius 1 is 1.03 bits per heavy atom. The number of aryl methyl sites for hydroxylation is 1. The third-order valence-corrected chi connectivity index (χ3v) is 3.86. The smallest absolute Gasteiger partial charge is 0.387 e. The van der Waals surface area contributed by atoms with Gasteiger partial charge in [-0.25, -0.2) is 4.79 Å². The van der Waals surface area contributed by atoms with E-state index in [4.69, 9.17) is 9.47 Å². The Morgan fingerprint density at radius 2 is 1.72 bits per heavy atom. The molecule has 0 aliphatic rings. The van der Waals surface area contributed by atoms with Gasteiger partial charge in [0.2, 0.25) is 0 Å². The number of hydrogen-bond acceptors (Lipinski definition) is 5. The number of esters is 1. The maximum absolute atomic E-state index is 12.1. The maximum atomic E-state index is 12.1. The summed E-state index contributed by atoms with van der Waals surface area (Å²) in [5.74, 6) is -0.452. The number of halogens is 2. The molecule has 0 radical (unpaired) electrons. The van der Waals surface area contributed by atoms with Crippen molar-refractivity contribution in [2.75, 3.05) is 18.5 Å². The van der Waals surface area contributed by atoms with Gasteiger partial charge in [0.1, 0.15) is 11.5 Å². The van der Waals surface area contributed by atoms with Crippen LogP contribution in [-0.2, 0) is 14.3 Å². The molecule has 0 aromatic heterocycles. The van der Waals surface area contributed by atoms with Gasteiger partial charge in [-0.1, -0.05) is 26.0 Å². The van der Waals surface area contributed by atoms with Crippen LogP contribution in [0.4, 0.5) is 14.5 Å². The van der Waals surface area contributed by atoms with Gasteiger partial charge in [-0.15, -0.1) is 0 Å². The van der Waals surface area contributed by atoms with E-state index in [-0.39, 0.29) is 18.3 Å². The van der Waals surface area contributed by atoms with E-state index in [1.165, 1.54) is 24.3 Å². The summed E-state index contributed by atoms with van der Waals surface area (Å²) >= 11 is 0. The molecule has 0 fully saturated rings. The van der Waals surface area contributed by atoms with Crippen LogP contribution in [0.2, 0.25) is 0 Å². The molecule has 2 aromatic carbocycles. The van der Waals surface area contributed by atoms with Gasteiger partial charge in [-0.3, -0.25) is 4.79 Å². The molecule has 0 spiro atoms.